The minimum Gasteiger partial charge on any atom is -0.463 e. The fourth-order valence-corrected chi connectivity index (χ4v) is 9.34. The highest BCUT2D eigenvalue weighted by molar-refractivity contribution is 9.09. The number of esters is 1. The van der Waals surface area contributed by atoms with Crippen molar-refractivity contribution in [3.05, 3.63) is 61.2 Å². The number of benzene rings is 1. The first kappa shape index (κ1) is 38.8. The number of alkyl halides is 1. The predicted molar refractivity (Wildman–Crippen MR) is 191 cm³/mol. The Kier molecular flexibility index (Phi) is 12.2. The van der Waals surface area contributed by atoms with Crippen LogP contribution in [0.1, 0.15) is 85.3 Å². The van der Waals surface area contributed by atoms with Gasteiger partial charge in [0.15, 0.2) is 0 Å². The summed E-state index contributed by atoms with van der Waals surface area (Å²) in [5.74, 6) is -3.38. The number of nitrogens with zero attached hydrogens (tertiary/aromatic N) is 2. The number of aliphatic hydroxyl groups excluding tert-OH is 1. The van der Waals surface area contributed by atoms with Gasteiger partial charge in [-0.05, 0) is 50.5 Å². The molecule has 0 aliphatic carbocycles. The van der Waals surface area contributed by atoms with E-state index in [9.17, 15) is 19.5 Å². The number of amides is 3. The fraction of sp³-hybridized carbons (Fsp3) is 0.632. The number of fused-ring (bicyclic) bond motifs is 1. The molecule has 1 unspecified atom stereocenters. The summed E-state index contributed by atoms with van der Waals surface area (Å²) in [6.45, 7) is 19.7. The lowest BCUT2D eigenvalue weighted by molar-refractivity contribution is -0.155. The number of carbonyl (C=O) groups is 4. The average Bonchev–Trinajstić information content (AvgIpc) is 3.63. The Bertz CT molecular complexity index is 1390. The Hall–Kier alpha value is -3.02. The Morgan fingerprint density at radius 3 is 2.43 bits per heavy atom. The molecule has 11 heteroatoms. The van der Waals surface area contributed by atoms with Crippen LogP contribution < -0.4 is 5.32 Å². The molecule has 1 aromatic rings. The molecule has 8 atom stereocenters. The summed E-state index contributed by atoms with van der Waals surface area (Å²) in [7, 11) is 0. The summed E-state index contributed by atoms with van der Waals surface area (Å²) in [4.78, 5) is 59.5. The second kappa shape index (κ2) is 15.5. The van der Waals surface area contributed by atoms with Crippen LogP contribution in [0.2, 0.25) is 0 Å². The molecule has 3 saturated heterocycles. The lowest BCUT2D eigenvalue weighted by atomic mass is 9.70. The molecule has 0 aromatic heterocycles. The number of hydrogen-bond donors (Lipinski definition) is 2. The Balaban J connectivity index is 1.73. The van der Waals surface area contributed by atoms with E-state index in [2.05, 4.69) is 55.2 Å². The lowest BCUT2D eigenvalue weighted by Gasteiger charge is -2.46. The quantitative estimate of drug-likeness (QED) is 0.137. The molecule has 1 aromatic carbocycles. The molecule has 0 radical (unpaired) electrons. The number of aliphatic hydroxyl groups is 1. The van der Waals surface area contributed by atoms with Crippen LogP contribution in [0.5, 0.6) is 0 Å². The second-order valence-corrected chi connectivity index (χ2v) is 16.6. The van der Waals surface area contributed by atoms with Gasteiger partial charge in [-0.2, -0.15) is 0 Å². The number of carbonyl (C=O) groups excluding carboxylic acids is 4. The van der Waals surface area contributed by atoms with Crippen LogP contribution in [-0.2, 0) is 28.7 Å². The van der Waals surface area contributed by atoms with Gasteiger partial charge in [-0.15, -0.1) is 13.2 Å². The van der Waals surface area contributed by atoms with E-state index < -0.39 is 59.1 Å². The van der Waals surface area contributed by atoms with Crippen LogP contribution in [-0.4, -0.2) is 92.5 Å². The molecule has 3 amide bonds. The molecule has 3 aliphatic heterocycles. The van der Waals surface area contributed by atoms with Crippen LogP contribution >= 0.6 is 15.9 Å². The first-order valence-electron chi connectivity index (χ1n) is 17.4. The third-order valence-electron chi connectivity index (χ3n) is 10.1. The maximum absolute atomic E-state index is 15.0. The third-order valence-corrected chi connectivity index (χ3v) is 10.9. The van der Waals surface area contributed by atoms with Crippen molar-refractivity contribution in [1.29, 1.82) is 0 Å². The molecule has 2 N–H and O–H groups in total. The van der Waals surface area contributed by atoms with Crippen molar-refractivity contribution in [2.24, 2.45) is 17.3 Å². The van der Waals surface area contributed by atoms with Gasteiger partial charge in [0, 0.05) is 23.3 Å². The molecule has 2 bridgehead atoms. The highest BCUT2D eigenvalue weighted by atomic mass is 79.9. The summed E-state index contributed by atoms with van der Waals surface area (Å²) in [6.07, 6.45) is 4.73. The number of ether oxygens (including phenoxy) is 2. The van der Waals surface area contributed by atoms with Gasteiger partial charge in [0.05, 0.1) is 36.6 Å². The van der Waals surface area contributed by atoms with Gasteiger partial charge in [0.25, 0.3) is 0 Å². The van der Waals surface area contributed by atoms with Crippen LogP contribution in [0.4, 0.5) is 0 Å². The van der Waals surface area contributed by atoms with E-state index in [0.717, 1.165) is 5.56 Å². The molecule has 3 heterocycles. The monoisotopic (exact) mass is 743 g/mol. The summed E-state index contributed by atoms with van der Waals surface area (Å²) >= 11 is 3.75. The normalized spacial score (nSPS) is 27.3. The van der Waals surface area contributed by atoms with Crippen molar-refractivity contribution >= 4 is 39.6 Å². The van der Waals surface area contributed by atoms with E-state index in [1.165, 1.54) is 4.90 Å². The topological polar surface area (TPSA) is 125 Å². The summed E-state index contributed by atoms with van der Waals surface area (Å²) < 4.78 is 12.3. The minimum atomic E-state index is -1.30. The van der Waals surface area contributed by atoms with E-state index >= 15 is 4.79 Å². The maximum Gasteiger partial charge on any atom is 0.306 e. The van der Waals surface area contributed by atoms with Crippen LogP contribution in [0.25, 0.3) is 0 Å². The van der Waals surface area contributed by atoms with Crippen molar-refractivity contribution in [3.8, 4) is 0 Å². The van der Waals surface area contributed by atoms with Crippen molar-refractivity contribution in [3.63, 3.8) is 0 Å². The number of rotatable bonds is 16. The SMILES string of the molecule is C=CCCC(=O)OC[C@@H](NC(=O)[C@H]1[C@@H]2O[C@@]3(CC2Br)[C@@H]1C(=O)N([C@@H](CC)CO)[C@@H]3C(=O)N(CC=C)C(C)(C)CC(C)(C)C)c1ccccc1. The summed E-state index contributed by atoms with van der Waals surface area (Å²) in [5, 5.41) is 13.6. The molecular weight excluding hydrogens is 690 g/mol. The molecule has 3 fully saturated rings. The molecule has 0 saturated carbocycles. The van der Waals surface area contributed by atoms with Crippen LogP contribution in [0.3, 0.4) is 0 Å². The molecular formula is C38H54BrN3O7. The van der Waals surface area contributed by atoms with E-state index in [4.69, 9.17) is 9.47 Å². The van der Waals surface area contributed by atoms with E-state index in [0.29, 0.717) is 25.7 Å². The van der Waals surface area contributed by atoms with Crippen LogP contribution in [0, 0.1) is 17.3 Å². The number of likely N-dealkylation sites (tertiary alicyclic amines) is 1. The second-order valence-electron chi connectivity index (χ2n) is 15.4. The molecule has 10 nitrogen and oxygen atoms in total. The summed E-state index contributed by atoms with van der Waals surface area (Å²) in [5.41, 5.74) is -1.27. The summed E-state index contributed by atoms with van der Waals surface area (Å²) in [6, 6.07) is 6.82. The Labute approximate surface area is 299 Å². The zero-order valence-corrected chi connectivity index (χ0v) is 31.4. The highest BCUT2D eigenvalue weighted by Gasteiger charge is 2.77. The minimum absolute atomic E-state index is 0.0967. The van der Waals surface area contributed by atoms with Crippen LogP contribution in [0.15, 0.2) is 55.6 Å². The highest BCUT2D eigenvalue weighted by Crippen LogP contribution is 2.61. The van der Waals surface area contributed by atoms with Crippen molar-refractivity contribution in [1.82, 2.24) is 15.1 Å². The maximum atomic E-state index is 15.0. The zero-order chi connectivity index (χ0) is 36.3. The average molecular weight is 745 g/mol. The number of halogens is 1. The van der Waals surface area contributed by atoms with Crippen molar-refractivity contribution in [2.75, 3.05) is 19.8 Å². The van der Waals surface area contributed by atoms with Gasteiger partial charge >= 0.3 is 5.97 Å². The third kappa shape index (κ3) is 7.84. The van der Waals surface area contributed by atoms with Gasteiger partial charge in [-0.1, -0.05) is 86.1 Å². The number of nitrogens with one attached hydrogen (secondary N) is 1. The lowest BCUT2D eigenvalue weighted by Crippen LogP contribution is -2.62. The molecule has 270 valence electrons. The van der Waals surface area contributed by atoms with Gasteiger partial charge in [-0.3, -0.25) is 19.2 Å². The Morgan fingerprint density at radius 2 is 1.86 bits per heavy atom. The van der Waals surface area contributed by atoms with E-state index in [1.54, 1.807) is 17.1 Å². The van der Waals surface area contributed by atoms with Gasteiger partial charge < -0.3 is 29.7 Å². The smallest absolute Gasteiger partial charge is 0.306 e. The predicted octanol–water partition coefficient (Wildman–Crippen LogP) is 5.10. The fourth-order valence-electron chi connectivity index (χ4n) is 8.40. The standard InChI is InChI=1S/C38H54BrN3O7/c1-9-12-18-28(44)48-22-27(24-16-14-13-15-17-24)40-33(45)29-30-34(46)42(25(11-3)21-43)32(38(30)20-26(39)31(29)49-38)35(47)41(19-10-2)37(7,8)23-36(4,5)6/h9-10,13-17,25-27,29-32,43H,1-2,11-12,18-23H2,3-8H3,(H,40,45)/t25-,26?,27+,29+,30-,31+,32+,38-/m0/s1. The van der Waals surface area contributed by atoms with Crippen molar-refractivity contribution in [2.45, 2.75) is 114 Å². The first-order chi connectivity index (χ1) is 23.1. The largest absolute Gasteiger partial charge is 0.463 e. The van der Waals surface area contributed by atoms with Gasteiger partial charge in [-0.25, -0.2) is 0 Å². The molecule has 1 spiro atoms. The zero-order valence-electron chi connectivity index (χ0n) is 29.8. The van der Waals surface area contributed by atoms with Gasteiger partial charge in [0.1, 0.15) is 18.2 Å². The van der Waals surface area contributed by atoms with Crippen molar-refractivity contribution < 1.29 is 33.8 Å². The van der Waals surface area contributed by atoms with E-state index in [1.807, 2.05) is 51.1 Å². The Morgan fingerprint density at radius 1 is 1.18 bits per heavy atom. The first-order valence-corrected chi connectivity index (χ1v) is 18.3. The number of allylic oxidation sites excluding steroid dienone is 1. The van der Waals surface area contributed by atoms with E-state index in [-0.39, 0.29) is 48.2 Å². The molecule has 4 rings (SSSR count). The molecule has 49 heavy (non-hydrogen) atoms. The number of hydrogen-bond acceptors (Lipinski definition) is 7. The molecule has 3 aliphatic rings. The van der Waals surface area contributed by atoms with Gasteiger partial charge in [0.2, 0.25) is 17.7 Å².